The minimum Gasteiger partial charge on any atom is -0.462 e. The Kier molecular flexibility index (Phi) is 6.01. The monoisotopic (exact) mass is 428 g/mol. The molecule has 0 aromatic carbocycles. The minimum absolute atomic E-state index is 0.0691. The Morgan fingerprint density at radius 2 is 1.79 bits per heavy atom. The highest BCUT2D eigenvalue weighted by Crippen LogP contribution is 2.65. The van der Waals surface area contributed by atoms with E-state index in [0.29, 0.717) is 13.2 Å². The van der Waals surface area contributed by atoms with E-state index in [1.807, 2.05) is 0 Å². The second kappa shape index (κ2) is 7.97. The lowest BCUT2D eigenvalue weighted by Gasteiger charge is -2.57. The molecule has 7 atom stereocenters. The second-order valence-electron chi connectivity index (χ2n) is 10.1. The summed E-state index contributed by atoms with van der Waals surface area (Å²) < 4.78 is 23.7. The maximum Gasteiger partial charge on any atom is 0.302 e. The molecule has 0 aromatic rings. The molecular formula is C22H36O6S. The lowest BCUT2D eigenvalue weighted by atomic mass is 9.51. The average Bonchev–Trinajstić information content (AvgIpc) is 3.28. The molecule has 1 spiro atoms. The van der Waals surface area contributed by atoms with E-state index in [0.717, 1.165) is 44.9 Å². The number of esters is 1. The first-order valence-corrected chi connectivity index (χ1v) is 11.5. The quantitative estimate of drug-likeness (QED) is 0.405. The van der Waals surface area contributed by atoms with Gasteiger partial charge in [-0.1, -0.05) is 13.8 Å². The summed E-state index contributed by atoms with van der Waals surface area (Å²) in [6, 6.07) is 0. The van der Waals surface area contributed by atoms with Gasteiger partial charge < -0.3 is 23.5 Å². The first-order valence-electron chi connectivity index (χ1n) is 11.2. The van der Waals surface area contributed by atoms with Crippen molar-refractivity contribution in [3.63, 3.8) is 0 Å². The third kappa shape index (κ3) is 3.36. The van der Waals surface area contributed by atoms with Gasteiger partial charge in [0.05, 0.1) is 19.3 Å². The van der Waals surface area contributed by atoms with Gasteiger partial charge in [0.15, 0.2) is 5.79 Å². The summed E-state index contributed by atoms with van der Waals surface area (Å²) >= 11 is 4.02. The average molecular weight is 429 g/mol. The Hall–Kier alpha value is -0.340. The molecule has 1 saturated heterocycles. The van der Waals surface area contributed by atoms with Crippen LogP contribution in [0.4, 0.5) is 0 Å². The van der Waals surface area contributed by atoms with Gasteiger partial charge in [0.1, 0.15) is 6.10 Å². The molecule has 29 heavy (non-hydrogen) atoms. The molecule has 3 aliphatic carbocycles. The van der Waals surface area contributed by atoms with E-state index in [-0.39, 0.29) is 53.4 Å². The van der Waals surface area contributed by atoms with Crippen molar-refractivity contribution in [2.75, 3.05) is 19.8 Å². The zero-order valence-electron chi connectivity index (χ0n) is 17.9. The normalized spacial score (nSPS) is 46.6. The maximum absolute atomic E-state index is 12.1. The number of carbonyl (C=O) groups is 1. The molecule has 6 nitrogen and oxygen atoms in total. The lowest BCUT2D eigenvalue weighted by Crippen LogP contribution is -2.58. The molecule has 0 aromatic heterocycles. The Balaban J connectivity index is 1.65. The molecule has 3 saturated carbocycles. The van der Waals surface area contributed by atoms with Crippen LogP contribution in [0.15, 0.2) is 0 Å². The number of hydrogen-bond acceptors (Lipinski definition) is 7. The summed E-state index contributed by atoms with van der Waals surface area (Å²) in [6.45, 7) is 7.44. The van der Waals surface area contributed by atoms with Crippen LogP contribution in [-0.2, 0) is 23.2 Å². The Bertz CT molecular complexity index is 622. The fourth-order valence-corrected chi connectivity index (χ4v) is 7.46. The van der Waals surface area contributed by atoms with Crippen LogP contribution < -0.4 is 0 Å². The van der Waals surface area contributed by atoms with Crippen molar-refractivity contribution in [1.29, 1.82) is 0 Å². The number of ether oxygens (including phenoxy) is 3. The summed E-state index contributed by atoms with van der Waals surface area (Å²) in [5, 5.41) is 10.2. The molecule has 0 amide bonds. The van der Waals surface area contributed by atoms with Crippen molar-refractivity contribution in [2.24, 2.45) is 28.6 Å². The van der Waals surface area contributed by atoms with Crippen molar-refractivity contribution in [3.8, 4) is 0 Å². The largest absolute Gasteiger partial charge is 0.462 e. The van der Waals surface area contributed by atoms with Gasteiger partial charge in [0.25, 0.3) is 0 Å². The number of thiol groups is 1. The number of aliphatic hydroxyl groups excluding tert-OH is 1. The standard InChI is InChI=1S/C22H36O6S/c1-14(24)27-19-17(20(2)7-4-16(28-29)12-15(20)13-23)5-8-21(3)18(19)6-9-22(21)25-10-11-26-22/h15-19,23,29H,4-13H2,1-3H3/t15-,16+,17?,18?,19-,20+,21+/m1/s1. The number of fused-ring (bicyclic) bond motifs is 2. The van der Waals surface area contributed by atoms with Crippen LogP contribution in [0.25, 0.3) is 0 Å². The third-order valence-corrected chi connectivity index (χ3v) is 9.30. The van der Waals surface area contributed by atoms with Gasteiger partial charge in [-0.15, -0.1) is 0 Å². The first kappa shape index (κ1) is 21.9. The van der Waals surface area contributed by atoms with E-state index in [2.05, 4.69) is 26.8 Å². The van der Waals surface area contributed by atoms with E-state index in [4.69, 9.17) is 18.4 Å². The molecule has 7 heteroatoms. The van der Waals surface area contributed by atoms with Gasteiger partial charge in [0, 0.05) is 37.2 Å². The highest BCUT2D eigenvalue weighted by Gasteiger charge is 2.67. The Morgan fingerprint density at radius 3 is 2.41 bits per heavy atom. The number of rotatable bonds is 4. The van der Waals surface area contributed by atoms with Gasteiger partial charge >= 0.3 is 5.97 Å². The van der Waals surface area contributed by atoms with Crippen LogP contribution in [0.3, 0.4) is 0 Å². The van der Waals surface area contributed by atoms with Crippen LogP contribution in [0.2, 0.25) is 0 Å². The Labute approximate surface area is 179 Å². The van der Waals surface area contributed by atoms with Gasteiger partial charge in [-0.2, -0.15) is 0 Å². The zero-order valence-corrected chi connectivity index (χ0v) is 18.8. The fraction of sp³-hybridized carbons (Fsp3) is 0.955. The molecule has 4 aliphatic rings. The third-order valence-electron chi connectivity index (χ3n) is 9.00. The molecule has 1 N–H and O–H groups in total. The molecule has 4 rings (SSSR count). The molecule has 166 valence electrons. The number of hydrogen-bond donors (Lipinski definition) is 2. The van der Waals surface area contributed by atoms with Crippen molar-refractivity contribution in [1.82, 2.24) is 0 Å². The number of aliphatic hydroxyl groups is 1. The molecular weight excluding hydrogens is 392 g/mol. The predicted octanol–water partition coefficient (Wildman–Crippen LogP) is 3.52. The second-order valence-corrected chi connectivity index (χ2v) is 10.3. The fourth-order valence-electron chi connectivity index (χ4n) is 7.27. The minimum atomic E-state index is -0.532. The number of carbonyl (C=O) groups excluding carboxylic acids is 1. The van der Waals surface area contributed by atoms with Gasteiger partial charge in [-0.3, -0.25) is 4.79 Å². The first-order chi connectivity index (χ1) is 13.8. The molecule has 0 radical (unpaired) electrons. The van der Waals surface area contributed by atoms with E-state index < -0.39 is 5.79 Å². The van der Waals surface area contributed by atoms with Gasteiger partial charge in [-0.05, 0) is 62.8 Å². The molecule has 4 fully saturated rings. The Morgan fingerprint density at radius 1 is 1.10 bits per heavy atom. The van der Waals surface area contributed by atoms with Gasteiger partial charge in [-0.25, -0.2) is 0 Å². The molecule has 1 aliphatic heterocycles. The summed E-state index contributed by atoms with van der Waals surface area (Å²) in [4.78, 5) is 12.1. The van der Waals surface area contributed by atoms with Crippen molar-refractivity contribution in [3.05, 3.63) is 0 Å². The van der Waals surface area contributed by atoms with Crippen LogP contribution >= 0.6 is 12.9 Å². The molecule has 0 bridgehead atoms. The summed E-state index contributed by atoms with van der Waals surface area (Å²) in [5.41, 5.74) is -0.261. The van der Waals surface area contributed by atoms with E-state index >= 15 is 0 Å². The van der Waals surface area contributed by atoms with Crippen molar-refractivity contribution >= 4 is 18.9 Å². The van der Waals surface area contributed by atoms with Crippen molar-refractivity contribution < 1.29 is 28.3 Å². The van der Waals surface area contributed by atoms with Crippen molar-refractivity contribution in [2.45, 2.75) is 83.7 Å². The highest BCUT2D eigenvalue weighted by molar-refractivity contribution is 7.75. The summed E-state index contributed by atoms with van der Waals surface area (Å²) in [6.07, 6.45) is 6.26. The SMILES string of the molecule is CC(=O)O[C@H]1C2CCC3(OCCO3)[C@@]2(C)CCC1[C@@]1(C)CC[C@H](OS)C[C@@H]1CO. The smallest absolute Gasteiger partial charge is 0.302 e. The van der Waals surface area contributed by atoms with E-state index in [1.54, 1.807) is 0 Å². The summed E-state index contributed by atoms with van der Waals surface area (Å²) in [5.74, 6) is -0.238. The maximum atomic E-state index is 12.1. The van der Waals surface area contributed by atoms with Crippen LogP contribution in [-0.4, -0.2) is 48.9 Å². The molecule has 1 heterocycles. The highest BCUT2D eigenvalue weighted by atomic mass is 32.1. The zero-order chi connectivity index (χ0) is 20.9. The predicted molar refractivity (Wildman–Crippen MR) is 110 cm³/mol. The van der Waals surface area contributed by atoms with Crippen LogP contribution in [0.5, 0.6) is 0 Å². The van der Waals surface area contributed by atoms with Crippen LogP contribution in [0.1, 0.15) is 65.7 Å². The summed E-state index contributed by atoms with van der Waals surface area (Å²) in [7, 11) is 0. The van der Waals surface area contributed by atoms with Crippen LogP contribution in [0, 0.1) is 28.6 Å². The molecule has 2 unspecified atom stereocenters. The lowest BCUT2D eigenvalue weighted by molar-refractivity contribution is -0.253. The van der Waals surface area contributed by atoms with E-state index in [9.17, 15) is 9.90 Å². The topological polar surface area (TPSA) is 74.2 Å². The van der Waals surface area contributed by atoms with E-state index in [1.165, 1.54) is 6.92 Å². The van der Waals surface area contributed by atoms with Gasteiger partial charge in [0.2, 0.25) is 0 Å².